The van der Waals surface area contributed by atoms with Gasteiger partial charge in [-0.05, 0) is 29.8 Å². The Labute approximate surface area is 117 Å². The molecule has 0 atom stereocenters. The number of anilines is 1. The van der Waals surface area contributed by atoms with Crippen LogP contribution in [0.2, 0.25) is 0 Å². The van der Waals surface area contributed by atoms with Crippen molar-refractivity contribution < 1.29 is 9.90 Å². The van der Waals surface area contributed by atoms with Crippen molar-refractivity contribution in [2.24, 2.45) is 0 Å². The van der Waals surface area contributed by atoms with Crippen LogP contribution in [0.4, 0.5) is 5.82 Å². The van der Waals surface area contributed by atoms with E-state index >= 15 is 0 Å². The van der Waals surface area contributed by atoms with E-state index in [4.69, 9.17) is 0 Å². The maximum absolute atomic E-state index is 11.4. The van der Waals surface area contributed by atoms with Gasteiger partial charge in [-0.25, -0.2) is 0 Å². The number of amides is 1. The first kappa shape index (κ1) is 13.8. The predicted molar refractivity (Wildman–Crippen MR) is 75.6 cm³/mol. The van der Waals surface area contributed by atoms with Crippen LogP contribution in [0.3, 0.4) is 0 Å². The van der Waals surface area contributed by atoms with Crippen LogP contribution in [0.1, 0.15) is 16.1 Å². The van der Waals surface area contributed by atoms with E-state index in [-0.39, 0.29) is 17.4 Å². The molecule has 2 N–H and O–H groups in total. The lowest BCUT2D eigenvalue weighted by atomic mass is 10.2. The lowest BCUT2D eigenvalue weighted by molar-refractivity contribution is 0.0957. The standard InChI is InChI=1S/C14H16N4O2/c1-15-14(20)12-7-8-13(17-16-12)18(2)9-10-3-5-11(19)6-4-10/h3-8,19H,9H2,1-2H3,(H,15,20). The summed E-state index contributed by atoms with van der Waals surface area (Å²) >= 11 is 0. The van der Waals surface area contributed by atoms with Crippen LogP contribution in [-0.2, 0) is 6.54 Å². The van der Waals surface area contributed by atoms with Crippen molar-refractivity contribution in [3.8, 4) is 5.75 Å². The first-order valence-electron chi connectivity index (χ1n) is 6.15. The van der Waals surface area contributed by atoms with Crippen molar-refractivity contribution >= 4 is 11.7 Å². The zero-order valence-corrected chi connectivity index (χ0v) is 11.4. The minimum absolute atomic E-state index is 0.242. The van der Waals surface area contributed by atoms with Crippen molar-refractivity contribution in [3.63, 3.8) is 0 Å². The Hall–Kier alpha value is -2.63. The molecule has 0 fully saturated rings. The van der Waals surface area contributed by atoms with E-state index in [0.29, 0.717) is 12.4 Å². The molecule has 0 radical (unpaired) electrons. The molecule has 2 rings (SSSR count). The molecule has 0 aliphatic carbocycles. The number of aromatic hydroxyl groups is 1. The summed E-state index contributed by atoms with van der Waals surface area (Å²) in [5.74, 6) is 0.655. The summed E-state index contributed by atoms with van der Waals surface area (Å²) in [6, 6.07) is 10.4. The number of carbonyl (C=O) groups is 1. The van der Waals surface area contributed by atoms with Gasteiger partial charge in [0.2, 0.25) is 0 Å². The zero-order valence-electron chi connectivity index (χ0n) is 11.4. The van der Waals surface area contributed by atoms with Crippen molar-refractivity contribution in [1.82, 2.24) is 15.5 Å². The van der Waals surface area contributed by atoms with Crippen molar-refractivity contribution in [3.05, 3.63) is 47.7 Å². The Bertz CT molecular complexity index is 581. The van der Waals surface area contributed by atoms with E-state index in [1.165, 1.54) is 0 Å². The highest BCUT2D eigenvalue weighted by molar-refractivity contribution is 5.91. The molecule has 1 aromatic carbocycles. The van der Waals surface area contributed by atoms with Gasteiger partial charge >= 0.3 is 0 Å². The fraction of sp³-hybridized carbons (Fsp3) is 0.214. The van der Waals surface area contributed by atoms with Gasteiger partial charge in [0.1, 0.15) is 5.75 Å². The van der Waals surface area contributed by atoms with Gasteiger partial charge in [-0.2, -0.15) is 0 Å². The highest BCUT2D eigenvalue weighted by Gasteiger charge is 2.08. The van der Waals surface area contributed by atoms with E-state index in [0.717, 1.165) is 5.56 Å². The van der Waals surface area contributed by atoms with Gasteiger partial charge in [0.25, 0.3) is 5.91 Å². The molecular weight excluding hydrogens is 256 g/mol. The minimum atomic E-state index is -0.259. The Morgan fingerprint density at radius 3 is 2.45 bits per heavy atom. The summed E-state index contributed by atoms with van der Waals surface area (Å²) in [7, 11) is 3.44. The van der Waals surface area contributed by atoms with Crippen LogP contribution in [0, 0.1) is 0 Å². The molecule has 20 heavy (non-hydrogen) atoms. The molecule has 6 nitrogen and oxygen atoms in total. The number of rotatable bonds is 4. The second kappa shape index (κ2) is 6.01. The van der Waals surface area contributed by atoms with Gasteiger partial charge in [0, 0.05) is 20.6 Å². The number of benzene rings is 1. The summed E-state index contributed by atoms with van der Waals surface area (Å²) in [5.41, 5.74) is 1.33. The van der Waals surface area contributed by atoms with Crippen LogP contribution in [-0.4, -0.2) is 35.3 Å². The van der Waals surface area contributed by atoms with Gasteiger partial charge < -0.3 is 15.3 Å². The first-order chi connectivity index (χ1) is 9.60. The minimum Gasteiger partial charge on any atom is -0.508 e. The predicted octanol–water partition coefficient (Wildman–Crippen LogP) is 1.18. The fourth-order valence-electron chi connectivity index (χ4n) is 1.73. The molecule has 0 aliphatic rings. The Morgan fingerprint density at radius 1 is 1.20 bits per heavy atom. The average Bonchev–Trinajstić information content (AvgIpc) is 2.49. The van der Waals surface area contributed by atoms with E-state index in [1.54, 1.807) is 31.3 Å². The molecule has 104 valence electrons. The maximum atomic E-state index is 11.4. The molecule has 0 bridgehead atoms. The van der Waals surface area contributed by atoms with Crippen LogP contribution in [0.15, 0.2) is 36.4 Å². The van der Waals surface area contributed by atoms with E-state index in [9.17, 15) is 9.90 Å². The van der Waals surface area contributed by atoms with Gasteiger partial charge in [-0.1, -0.05) is 12.1 Å². The van der Waals surface area contributed by atoms with E-state index in [1.807, 2.05) is 24.1 Å². The number of nitrogens with one attached hydrogen (secondary N) is 1. The quantitative estimate of drug-likeness (QED) is 0.873. The third kappa shape index (κ3) is 3.23. The number of hydrogen-bond acceptors (Lipinski definition) is 5. The summed E-state index contributed by atoms with van der Waals surface area (Å²) in [5, 5.41) is 19.6. The smallest absolute Gasteiger partial charge is 0.271 e. The third-order valence-electron chi connectivity index (χ3n) is 2.86. The Balaban J connectivity index is 2.07. The summed E-state index contributed by atoms with van der Waals surface area (Å²) in [6.07, 6.45) is 0. The number of carbonyl (C=O) groups excluding carboxylic acids is 1. The highest BCUT2D eigenvalue weighted by atomic mass is 16.3. The molecule has 0 saturated heterocycles. The normalized spacial score (nSPS) is 10.1. The van der Waals surface area contributed by atoms with Gasteiger partial charge in [0.15, 0.2) is 11.5 Å². The lowest BCUT2D eigenvalue weighted by Crippen LogP contribution is -2.22. The monoisotopic (exact) mass is 272 g/mol. The molecule has 6 heteroatoms. The van der Waals surface area contributed by atoms with Crippen LogP contribution >= 0.6 is 0 Å². The van der Waals surface area contributed by atoms with Gasteiger partial charge in [-0.15, -0.1) is 10.2 Å². The van der Waals surface area contributed by atoms with Crippen molar-refractivity contribution in [2.75, 3.05) is 19.0 Å². The van der Waals surface area contributed by atoms with E-state index in [2.05, 4.69) is 15.5 Å². The van der Waals surface area contributed by atoms with Gasteiger partial charge in [-0.3, -0.25) is 4.79 Å². The highest BCUT2D eigenvalue weighted by Crippen LogP contribution is 2.14. The number of hydrogen-bond donors (Lipinski definition) is 2. The van der Waals surface area contributed by atoms with E-state index < -0.39 is 0 Å². The lowest BCUT2D eigenvalue weighted by Gasteiger charge is -2.17. The molecule has 0 aliphatic heterocycles. The Morgan fingerprint density at radius 2 is 1.90 bits per heavy atom. The average molecular weight is 272 g/mol. The largest absolute Gasteiger partial charge is 0.508 e. The van der Waals surface area contributed by atoms with Crippen molar-refractivity contribution in [2.45, 2.75) is 6.54 Å². The SMILES string of the molecule is CNC(=O)c1ccc(N(C)Cc2ccc(O)cc2)nn1. The van der Waals surface area contributed by atoms with Gasteiger partial charge in [0.05, 0.1) is 0 Å². The number of phenols is 1. The summed E-state index contributed by atoms with van der Waals surface area (Å²) in [4.78, 5) is 13.3. The van der Waals surface area contributed by atoms with Crippen molar-refractivity contribution in [1.29, 1.82) is 0 Å². The third-order valence-corrected chi connectivity index (χ3v) is 2.86. The number of aromatic nitrogens is 2. The van der Waals surface area contributed by atoms with Crippen LogP contribution in [0.5, 0.6) is 5.75 Å². The second-order valence-corrected chi connectivity index (χ2v) is 4.38. The second-order valence-electron chi connectivity index (χ2n) is 4.38. The number of phenolic OH excluding ortho intramolecular Hbond substituents is 1. The molecule has 0 unspecified atom stereocenters. The maximum Gasteiger partial charge on any atom is 0.271 e. The summed E-state index contributed by atoms with van der Waals surface area (Å²) < 4.78 is 0. The zero-order chi connectivity index (χ0) is 14.5. The Kier molecular flexibility index (Phi) is 4.14. The number of nitrogens with zero attached hydrogens (tertiary/aromatic N) is 3. The van der Waals surface area contributed by atoms with Crippen LogP contribution in [0.25, 0.3) is 0 Å². The molecule has 1 heterocycles. The molecule has 2 aromatic rings. The first-order valence-corrected chi connectivity index (χ1v) is 6.15. The summed E-state index contributed by atoms with van der Waals surface area (Å²) in [6.45, 7) is 0.633. The molecular formula is C14H16N4O2. The molecule has 0 spiro atoms. The molecule has 1 aromatic heterocycles. The topological polar surface area (TPSA) is 78.4 Å². The molecule has 1 amide bonds. The van der Waals surface area contributed by atoms with Crippen LogP contribution < -0.4 is 10.2 Å². The fourth-order valence-corrected chi connectivity index (χ4v) is 1.73. The molecule has 0 saturated carbocycles.